The van der Waals surface area contributed by atoms with Crippen LogP contribution in [0.3, 0.4) is 0 Å². The number of hydrogen-bond acceptors (Lipinski definition) is 5. The highest BCUT2D eigenvalue weighted by Gasteiger charge is 2.10. The molecule has 0 fully saturated rings. The summed E-state index contributed by atoms with van der Waals surface area (Å²) < 4.78 is 2.01. The predicted molar refractivity (Wildman–Crippen MR) is 50.6 cm³/mol. The SMILES string of the molecule is Cn1c(=O)c2nc(=O)[nH]nc2n(C)c1=O. The highest BCUT2D eigenvalue weighted by atomic mass is 16.2. The quantitative estimate of drug-likeness (QED) is 0.526. The topological polar surface area (TPSA) is 103 Å². The van der Waals surface area contributed by atoms with Crippen LogP contribution in [0.5, 0.6) is 0 Å². The number of H-pyrrole nitrogens is 1. The fraction of sp³-hybridized carbons (Fsp3) is 0.286. The summed E-state index contributed by atoms with van der Waals surface area (Å²) in [5, 5.41) is 5.66. The lowest BCUT2D eigenvalue weighted by atomic mass is 10.5. The first kappa shape index (κ1) is 9.31. The Morgan fingerprint density at radius 2 is 1.80 bits per heavy atom. The van der Waals surface area contributed by atoms with Gasteiger partial charge in [-0.3, -0.25) is 13.9 Å². The van der Waals surface area contributed by atoms with Crippen LogP contribution in [-0.2, 0) is 14.1 Å². The fourth-order valence-electron chi connectivity index (χ4n) is 1.27. The lowest BCUT2D eigenvalue weighted by Crippen LogP contribution is -2.38. The predicted octanol–water partition coefficient (Wildman–Crippen LogP) is -2.28. The van der Waals surface area contributed by atoms with Crippen LogP contribution in [0, 0.1) is 0 Å². The normalized spacial score (nSPS) is 10.8. The van der Waals surface area contributed by atoms with E-state index < -0.39 is 16.9 Å². The van der Waals surface area contributed by atoms with Gasteiger partial charge in [-0.1, -0.05) is 0 Å². The second kappa shape index (κ2) is 2.87. The van der Waals surface area contributed by atoms with Crippen LogP contribution in [0.2, 0.25) is 0 Å². The van der Waals surface area contributed by atoms with Gasteiger partial charge in [0.05, 0.1) is 0 Å². The Balaban J connectivity index is 3.22. The number of aromatic nitrogens is 5. The van der Waals surface area contributed by atoms with Crippen molar-refractivity contribution in [3.63, 3.8) is 0 Å². The summed E-state index contributed by atoms with van der Waals surface area (Å²) in [7, 11) is 2.75. The van der Waals surface area contributed by atoms with Crippen LogP contribution >= 0.6 is 0 Å². The van der Waals surface area contributed by atoms with Crippen LogP contribution in [0.4, 0.5) is 0 Å². The summed E-state index contributed by atoms with van der Waals surface area (Å²) in [6.45, 7) is 0. The maximum atomic E-state index is 11.5. The molecule has 0 aliphatic carbocycles. The molecule has 0 atom stereocenters. The lowest BCUT2D eigenvalue weighted by molar-refractivity contribution is 0.695. The minimum absolute atomic E-state index is 0.0581. The number of nitrogens with zero attached hydrogens (tertiary/aromatic N) is 4. The monoisotopic (exact) mass is 209 g/mol. The van der Waals surface area contributed by atoms with E-state index in [0.29, 0.717) is 0 Å². The average molecular weight is 209 g/mol. The Hall–Kier alpha value is -2.25. The van der Waals surface area contributed by atoms with Crippen LogP contribution in [0.1, 0.15) is 0 Å². The zero-order chi connectivity index (χ0) is 11.2. The molecule has 2 aromatic rings. The summed E-state index contributed by atoms with van der Waals surface area (Å²) in [4.78, 5) is 37.4. The molecule has 8 heteroatoms. The van der Waals surface area contributed by atoms with Crippen molar-refractivity contribution in [1.29, 1.82) is 0 Å². The molecule has 0 amide bonds. The van der Waals surface area contributed by atoms with Crippen molar-refractivity contribution in [1.82, 2.24) is 24.3 Å². The molecule has 0 radical (unpaired) electrons. The Kier molecular flexibility index (Phi) is 1.78. The number of hydrogen-bond donors (Lipinski definition) is 1. The van der Waals surface area contributed by atoms with Gasteiger partial charge in [-0.05, 0) is 0 Å². The molecule has 2 aromatic heterocycles. The van der Waals surface area contributed by atoms with E-state index in [-0.39, 0.29) is 11.2 Å². The molecule has 0 aromatic carbocycles. The summed E-state index contributed by atoms with van der Waals surface area (Å²) in [5.74, 6) is 0. The molecule has 0 aliphatic heterocycles. The third-order valence-corrected chi connectivity index (χ3v) is 2.08. The molecule has 0 saturated heterocycles. The Morgan fingerprint density at radius 1 is 1.13 bits per heavy atom. The van der Waals surface area contributed by atoms with E-state index in [9.17, 15) is 14.4 Å². The van der Waals surface area contributed by atoms with Gasteiger partial charge >= 0.3 is 11.4 Å². The summed E-state index contributed by atoms with van der Waals surface area (Å²) in [5.41, 5.74) is -1.94. The van der Waals surface area contributed by atoms with Gasteiger partial charge in [0, 0.05) is 14.1 Å². The van der Waals surface area contributed by atoms with Crippen LogP contribution < -0.4 is 16.9 Å². The average Bonchev–Trinajstić information content (AvgIpc) is 2.23. The smallest absolute Gasteiger partial charge is 0.278 e. The second-order valence-electron chi connectivity index (χ2n) is 3.02. The number of rotatable bonds is 0. The number of aryl methyl sites for hydroxylation is 1. The highest BCUT2D eigenvalue weighted by molar-refractivity contribution is 5.67. The van der Waals surface area contributed by atoms with E-state index in [0.717, 1.165) is 9.13 Å². The Bertz CT molecular complexity index is 707. The van der Waals surface area contributed by atoms with E-state index in [4.69, 9.17) is 0 Å². The first-order valence-electron chi connectivity index (χ1n) is 4.05. The maximum absolute atomic E-state index is 11.5. The molecule has 78 valence electrons. The van der Waals surface area contributed by atoms with Crippen molar-refractivity contribution in [2.75, 3.05) is 0 Å². The van der Waals surface area contributed by atoms with Crippen LogP contribution in [-0.4, -0.2) is 24.3 Å². The number of nitrogens with one attached hydrogen (secondary N) is 1. The number of aromatic amines is 1. The molecule has 0 saturated carbocycles. The van der Waals surface area contributed by atoms with Crippen molar-refractivity contribution in [3.05, 3.63) is 31.3 Å². The van der Waals surface area contributed by atoms with E-state index in [1.165, 1.54) is 14.1 Å². The first-order chi connectivity index (χ1) is 7.02. The molecule has 0 unspecified atom stereocenters. The van der Waals surface area contributed by atoms with Gasteiger partial charge < -0.3 is 0 Å². The minimum atomic E-state index is -0.724. The zero-order valence-corrected chi connectivity index (χ0v) is 8.01. The molecule has 0 bridgehead atoms. The maximum Gasteiger partial charge on any atom is 0.362 e. The number of fused-ring (bicyclic) bond motifs is 1. The van der Waals surface area contributed by atoms with Gasteiger partial charge in [0.15, 0.2) is 11.2 Å². The van der Waals surface area contributed by atoms with E-state index in [1.54, 1.807) is 0 Å². The molecule has 0 aliphatic rings. The summed E-state index contributed by atoms with van der Waals surface area (Å²) >= 11 is 0. The summed E-state index contributed by atoms with van der Waals surface area (Å²) in [6, 6.07) is 0. The van der Waals surface area contributed by atoms with E-state index in [1.807, 2.05) is 0 Å². The molecule has 1 N–H and O–H groups in total. The van der Waals surface area contributed by atoms with Gasteiger partial charge in [0.2, 0.25) is 0 Å². The van der Waals surface area contributed by atoms with Crippen molar-refractivity contribution in [2.45, 2.75) is 0 Å². The van der Waals surface area contributed by atoms with Crippen molar-refractivity contribution in [3.8, 4) is 0 Å². The van der Waals surface area contributed by atoms with E-state index in [2.05, 4.69) is 15.2 Å². The zero-order valence-electron chi connectivity index (χ0n) is 8.01. The fourth-order valence-corrected chi connectivity index (χ4v) is 1.27. The molecule has 8 nitrogen and oxygen atoms in total. The van der Waals surface area contributed by atoms with Crippen molar-refractivity contribution < 1.29 is 0 Å². The Morgan fingerprint density at radius 3 is 2.47 bits per heavy atom. The second-order valence-corrected chi connectivity index (χ2v) is 3.02. The largest absolute Gasteiger partial charge is 0.362 e. The third kappa shape index (κ3) is 1.18. The molecule has 2 heterocycles. The van der Waals surface area contributed by atoms with Gasteiger partial charge in [0.1, 0.15) is 0 Å². The molecule has 0 spiro atoms. The van der Waals surface area contributed by atoms with Gasteiger partial charge in [-0.25, -0.2) is 14.7 Å². The minimum Gasteiger partial charge on any atom is -0.278 e. The van der Waals surface area contributed by atoms with Gasteiger partial charge in [0.25, 0.3) is 5.56 Å². The highest BCUT2D eigenvalue weighted by Crippen LogP contribution is 1.93. The molecule has 2 rings (SSSR count). The standard InChI is InChI=1S/C7H7N5O3/c1-11-4-3(8-6(14)10-9-4)5(13)12(2)7(11)15/h1-2H3,(H,8,10,14). The molecular weight excluding hydrogens is 202 g/mol. The van der Waals surface area contributed by atoms with Gasteiger partial charge in [-0.15, -0.1) is 0 Å². The van der Waals surface area contributed by atoms with Crippen LogP contribution in [0.25, 0.3) is 11.2 Å². The van der Waals surface area contributed by atoms with Gasteiger partial charge in [-0.2, -0.15) is 10.1 Å². The molecular formula is C7H7N5O3. The summed E-state index contributed by atoms with van der Waals surface area (Å²) in [6.07, 6.45) is 0. The first-order valence-corrected chi connectivity index (χ1v) is 4.05. The Labute approximate surface area is 81.8 Å². The van der Waals surface area contributed by atoms with Crippen LogP contribution in [0.15, 0.2) is 14.4 Å². The lowest BCUT2D eigenvalue weighted by Gasteiger charge is -2.03. The van der Waals surface area contributed by atoms with Crippen molar-refractivity contribution in [2.24, 2.45) is 14.1 Å². The third-order valence-electron chi connectivity index (χ3n) is 2.08. The van der Waals surface area contributed by atoms with Crippen molar-refractivity contribution >= 4 is 11.2 Å². The molecule has 15 heavy (non-hydrogen) atoms. The van der Waals surface area contributed by atoms with E-state index >= 15 is 0 Å².